The van der Waals surface area contributed by atoms with E-state index in [1.54, 1.807) is 6.21 Å². The molecule has 28 heavy (non-hydrogen) atoms. The lowest BCUT2D eigenvalue weighted by Crippen LogP contribution is -2.20. The van der Waals surface area contributed by atoms with Gasteiger partial charge >= 0.3 is 0 Å². The van der Waals surface area contributed by atoms with Gasteiger partial charge in [-0.15, -0.1) is 0 Å². The fourth-order valence-corrected chi connectivity index (χ4v) is 3.92. The van der Waals surface area contributed by atoms with Gasteiger partial charge in [0.1, 0.15) is 5.75 Å². The van der Waals surface area contributed by atoms with E-state index in [-0.39, 0.29) is 12.5 Å². The summed E-state index contributed by atoms with van der Waals surface area (Å²) in [5, 5.41) is 2.84. The molecule has 0 radical (unpaired) electrons. The third kappa shape index (κ3) is 5.78. The zero-order valence-corrected chi connectivity index (χ0v) is 18.3. The lowest BCUT2D eigenvalue weighted by Gasteiger charge is -2.12. The number of ether oxygens (including phenoxy) is 1. The molecule has 142 valence electrons. The van der Waals surface area contributed by atoms with Crippen LogP contribution in [0.15, 0.2) is 80.7 Å². The summed E-state index contributed by atoms with van der Waals surface area (Å²) in [5.41, 5.74) is 3.42. The van der Waals surface area contributed by atoms with Crippen LogP contribution in [0.5, 0.6) is 5.75 Å². The second-order valence-corrected chi connectivity index (χ2v) is 7.88. The number of anilines is 1. The molecule has 0 bridgehead atoms. The second kappa shape index (κ2) is 9.66. The van der Waals surface area contributed by atoms with E-state index in [9.17, 15) is 4.79 Å². The van der Waals surface area contributed by atoms with Crippen LogP contribution in [0.2, 0.25) is 0 Å². The Labute approximate surface area is 180 Å². The van der Waals surface area contributed by atoms with Crippen LogP contribution in [-0.4, -0.2) is 18.7 Å². The Bertz CT molecular complexity index is 1000. The summed E-state index contributed by atoms with van der Waals surface area (Å²) >= 11 is 6.98. The number of carbonyl (C=O) groups is 1. The molecule has 4 nitrogen and oxygen atoms in total. The van der Waals surface area contributed by atoms with Gasteiger partial charge in [-0.3, -0.25) is 9.79 Å². The summed E-state index contributed by atoms with van der Waals surface area (Å²) in [7, 11) is 0. The summed E-state index contributed by atoms with van der Waals surface area (Å²) in [6.07, 6.45) is 1.72. The van der Waals surface area contributed by atoms with Gasteiger partial charge in [0.05, 0.1) is 10.2 Å². The minimum absolute atomic E-state index is 0.111. The average Bonchev–Trinajstić information content (AvgIpc) is 2.66. The van der Waals surface area contributed by atoms with Gasteiger partial charge in [-0.05, 0) is 64.8 Å². The van der Waals surface area contributed by atoms with E-state index in [0.717, 1.165) is 31.4 Å². The van der Waals surface area contributed by atoms with Crippen molar-refractivity contribution >= 4 is 55.4 Å². The molecule has 0 saturated heterocycles. The Morgan fingerprint density at radius 1 is 1.07 bits per heavy atom. The van der Waals surface area contributed by atoms with Crippen LogP contribution < -0.4 is 10.1 Å². The largest absolute Gasteiger partial charge is 0.482 e. The number of para-hydroxylation sites is 1. The van der Waals surface area contributed by atoms with Crippen LogP contribution in [0.1, 0.15) is 11.1 Å². The average molecular weight is 502 g/mol. The number of hydrogen-bond donors (Lipinski definition) is 1. The molecule has 0 unspecified atom stereocenters. The Morgan fingerprint density at radius 3 is 2.61 bits per heavy atom. The molecular formula is C22H18Br2N2O2. The van der Waals surface area contributed by atoms with Crippen LogP contribution >= 0.6 is 31.9 Å². The number of carbonyl (C=O) groups excluding carboxylic acids is 1. The molecule has 1 amide bonds. The van der Waals surface area contributed by atoms with E-state index in [2.05, 4.69) is 42.2 Å². The zero-order chi connectivity index (χ0) is 19.9. The zero-order valence-electron chi connectivity index (χ0n) is 15.2. The maximum absolute atomic E-state index is 12.3. The summed E-state index contributed by atoms with van der Waals surface area (Å²) < 4.78 is 7.42. The third-order valence-electron chi connectivity index (χ3n) is 3.80. The maximum atomic E-state index is 12.3. The normalized spacial score (nSPS) is 10.8. The Morgan fingerprint density at radius 2 is 1.86 bits per heavy atom. The number of rotatable bonds is 6. The van der Waals surface area contributed by atoms with E-state index < -0.39 is 0 Å². The van der Waals surface area contributed by atoms with Gasteiger partial charge in [0.2, 0.25) is 0 Å². The monoisotopic (exact) mass is 500 g/mol. The van der Waals surface area contributed by atoms with Crippen molar-refractivity contribution in [2.24, 2.45) is 4.99 Å². The molecule has 3 aromatic rings. The van der Waals surface area contributed by atoms with Gasteiger partial charge in [0, 0.05) is 21.9 Å². The van der Waals surface area contributed by atoms with Gasteiger partial charge in [-0.25, -0.2) is 0 Å². The third-order valence-corrected chi connectivity index (χ3v) is 4.84. The van der Waals surface area contributed by atoms with E-state index in [1.165, 1.54) is 0 Å². The highest BCUT2D eigenvalue weighted by molar-refractivity contribution is 9.11. The van der Waals surface area contributed by atoms with Crippen molar-refractivity contribution in [2.45, 2.75) is 6.92 Å². The molecule has 0 aliphatic heterocycles. The molecule has 0 aliphatic carbocycles. The highest BCUT2D eigenvalue weighted by Gasteiger charge is 2.12. The molecule has 0 fully saturated rings. The summed E-state index contributed by atoms with van der Waals surface area (Å²) in [6, 6.07) is 21.0. The van der Waals surface area contributed by atoms with Crippen LogP contribution in [-0.2, 0) is 4.79 Å². The smallest absolute Gasteiger partial charge is 0.262 e. The van der Waals surface area contributed by atoms with Crippen LogP contribution in [0.25, 0.3) is 0 Å². The Hall–Kier alpha value is -2.44. The van der Waals surface area contributed by atoms with E-state index in [1.807, 2.05) is 73.7 Å². The Kier molecular flexibility index (Phi) is 7.01. The maximum Gasteiger partial charge on any atom is 0.262 e. The standard InChI is InChI=1S/C22H18Br2N2O2/c1-15-6-5-9-19(10-15)26-21(27)14-28-22-16(11-17(23)12-20(22)24)13-25-18-7-3-2-4-8-18/h2-13H,14H2,1H3,(H,26,27). The van der Waals surface area contributed by atoms with Crippen molar-refractivity contribution in [3.63, 3.8) is 0 Å². The van der Waals surface area contributed by atoms with Gasteiger partial charge < -0.3 is 10.1 Å². The quantitative estimate of drug-likeness (QED) is 0.403. The minimum Gasteiger partial charge on any atom is -0.482 e. The van der Waals surface area contributed by atoms with Crippen molar-refractivity contribution in [1.82, 2.24) is 0 Å². The molecule has 0 aromatic heterocycles. The first-order chi connectivity index (χ1) is 13.5. The highest BCUT2D eigenvalue weighted by Crippen LogP contribution is 2.32. The predicted octanol–water partition coefficient (Wildman–Crippen LogP) is 6.29. The summed E-state index contributed by atoms with van der Waals surface area (Å²) in [5.74, 6) is 0.327. The molecule has 6 heteroatoms. The molecular weight excluding hydrogens is 484 g/mol. The fraction of sp³-hybridized carbons (Fsp3) is 0.0909. The molecule has 0 saturated carbocycles. The number of benzene rings is 3. The number of halogens is 2. The molecule has 3 rings (SSSR count). The molecule has 0 spiro atoms. The number of aryl methyl sites for hydroxylation is 1. The predicted molar refractivity (Wildman–Crippen MR) is 121 cm³/mol. The summed E-state index contributed by atoms with van der Waals surface area (Å²) in [6.45, 7) is 1.86. The number of hydrogen-bond acceptors (Lipinski definition) is 3. The lowest BCUT2D eigenvalue weighted by atomic mass is 10.2. The van der Waals surface area contributed by atoms with E-state index in [4.69, 9.17) is 4.74 Å². The molecule has 0 aliphatic rings. The van der Waals surface area contributed by atoms with Crippen molar-refractivity contribution in [3.8, 4) is 5.75 Å². The topological polar surface area (TPSA) is 50.7 Å². The van der Waals surface area contributed by atoms with Crippen LogP contribution in [0.4, 0.5) is 11.4 Å². The van der Waals surface area contributed by atoms with Crippen LogP contribution in [0.3, 0.4) is 0 Å². The number of aliphatic imine (C=N–C) groups is 1. The highest BCUT2D eigenvalue weighted by atomic mass is 79.9. The van der Waals surface area contributed by atoms with Crippen molar-refractivity contribution in [3.05, 3.63) is 86.8 Å². The second-order valence-electron chi connectivity index (χ2n) is 6.11. The first kappa shape index (κ1) is 20.3. The van der Waals surface area contributed by atoms with Crippen molar-refractivity contribution in [1.29, 1.82) is 0 Å². The number of nitrogens with zero attached hydrogens (tertiary/aromatic N) is 1. The van der Waals surface area contributed by atoms with Gasteiger partial charge in [0.15, 0.2) is 6.61 Å². The SMILES string of the molecule is Cc1cccc(NC(=O)COc2c(Br)cc(Br)cc2C=Nc2ccccc2)c1. The number of amides is 1. The molecule has 3 aromatic carbocycles. The first-order valence-corrected chi connectivity index (χ1v) is 10.2. The minimum atomic E-state index is -0.230. The van der Waals surface area contributed by atoms with Crippen LogP contribution in [0, 0.1) is 6.92 Å². The van der Waals surface area contributed by atoms with Crippen molar-refractivity contribution in [2.75, 3.05) is 11.9 Å². The van der Waals surface area contributed by atoms with Gasteiger partial charge in [0.25, 0.3) is 5.91 Å². The first-order valence-electron chi connectivity index (χ1n) is 8.59. The fourth-order valence-electron chi connectivity index (χ4n) is 2.54. The summed E-state index contributed by atoms with van der Waals surface area (Å²) in [4.78, 5) is 16.7. The van der Waals surface area contributed by atoms with E-state index in [0.29, 0.717) is 5.75 Å². The van der Waals surface area contributed by atoms with E-state index >= 15 is 0 Å². The molecule has 0 atom stereocenters. The Balaban J connectivity index is 1.74. The van der Waals surface area contributed by atoms with Gasteiger partial charge in [-0.1, -0.05) is 46.3 Å². The molecule has 1 N–H and O–H groups in total. The van der Waals surface area contributed by atoms with Gasteiger partial charge in [-0.2, -0.15) is 0 Å². The van der Waals surface area contributed by atoms with Crippen molar-refractivity contribution < 1.29 is 9.53 Å². The number of nitrogens with one attached hydrogen (secondary N) is 1. The molecule has 0 heterocycles. The lowest BCUT2D eigenvalue weighted by molar-refractivity contribution is -0.118.